The van der Waals surface area contributed by atoms with Gasteiger partial charge in [0.25, 0.3) is 0 Å². The van der Waals surface area contributed by atoms with Crippen molar-refractivity contribution in [3.8, 4) is 0 Å². The highest BCUT2D eigenvalue weighted by Crippen LogP contribution is 2.15. The Morgan fingerprint density at radius 1 is 1.53 bits per heavy atom. The van der Waals surface area contributed by atoms with Crippen LogP contribution >= 0.6 is 0 Å². The lowest BCUT2D eigenvalue weighted by molar-refractivity contribution is 0.570. The van der Waals surface area contributed by atoms with E-state index in [-0.39, 0.29) is 5.57 Å². The summed E-state index contributed by atoms with van der Waals surface area (Å²) in [4.78, 5) is 0. The van der Waals surface area contributed by atoms with Gasteiger partial charge in [-0.25, -0.2) is 13.0 Å². The highest BCUT2D eigenvalue weighted by molar-refractivity contribution is 7.83. The van der Waals surface area contributed by atoms with Crippen LogP contribution in [0.2, 0.25) is 0 Å². The minimum atomic E-state index is -1.21. The van der Waals surface area contributed by atoms with Crippen LogP contribution in [0.15, 0.2) is 30.5 Å². The van der Waals surface area contributed by atoms with Gasteiger partial charge in [0.1, 0.15) is 23.5 Å². The molecule has 0 aliphatic heterocycles. The van der Waals surface area contributed by atoms with Gasteiger partial charge in [-0.3, -0.25) is 0 Å². The zero-order valence-corrected chi connectivity index (χ0v) is 10.4. The van der Waals surface area contributed by atoms with Gasteiger partial charge in [0.05, 0.1) is 0 Å². The molecule has 0 saturated carbocycles. The summed E-state index contributed by atoms with van der Waals surface area (Å²) in [5.41, 5.74) is 0.738. The van der Waals surface area contributed by atoms with Crippen LogP contribution in [0, 0.1) is 5.82 Å². The third-order valence-corrected chi connectivity index (χ3v) is 3.25. The molecule has 0 fully saturated rings. The Labute approximate surface area is 102 Å². The number of halogens is 2. The second-order valence-corrected chi connectivity index (χ2v) is 4.82. The Kier molecular flexibility index (Phi) is 5.83. The van der Waals surface area contributed by atoms with Crippen LogP contribution in [-0.2, 0) is 11.0 Å². The lowest BCUT2D eigenvalue weighted by Crippen LogP contribution is -2.13. The molecule has 0 amide bonds. The molecule has 5 heteroatoms. The van der Waals surface area contributed by atoms with Gasteiger partial charge in [-0.15, -0.1) is 0 Å². The highest BCUT2D eigenvalue weighted by atomic mass is 32.2. The minimum Gasteiger partial charge on any atom is -0.312 e. The molecule has 1 rings (SSSR count). The predicted octanol–water partition coefficient (Wildman–Crippen LogP) is 2.80. The SMILES string of the molecule is CCC[S@@](=O)N/C=C(/CF)c1cccc(F)c1. The van der Waals surface area contributed by atoms with E-state index in [1.165, 1.54) is 24.4 Å². The topological polar surface area (TPSA) is 29.1 Å². The normalized spacial score (nSPS) is 13.5. The van der Waals surface area contributed by atoms with Gasteiger partial charge in [-0.2, -0.15) is 0 Å². The first-order chi connectivity index (χ1) is 8.17. The van der Waals surface area contributed by atoms with Gasteiger partial charge in [0.15, 0.2) is 0 Å². The van der Waals surface area contributed by atoms with Crippen LogP contribution in [0.3, 0.4) is 0 Å². The van der Waals surface area contributed by atoms with E-state index in [2.05, 4.69) is 4.72 Å². The molecule has 0 bridgehead atoms. The summed E-state index contributed by atoms with van der Waals surface area (Å²) in [6, 6.07) is 5.66. The summed E-state index contributed by atoms with van der Waals surface area (Å²) < 4.78 is 39.7. The molecule has 0 aliphatic rings. The van der Waals surface area contributed by atoms with Crippen LogP contribution in [0.25, 0.3) is 5.57 Å². The van der Waals surface area contributed by atoms with Gasteiger partial charge < -0.3 is 4.72 Å². The number of benzene rings is 1. The van der Waals surface area contributed by atoms with E-state index in [1.807, 2.05) is 6.92 Å². The van der Waals surface area contributed by atoms with Crippen LogP contribution in [-0.4, -0.2) is 16.6 Å². The van der Waals surface area contributed by atoms with Gasteiger partial charge in [-0.05, 0) is 24.1 Å². The lowest BCUT2D eigenvalue weighted by Gasteiger charge is -2.05. The van der Waals surface area contributed by atoms with E-state index in [0.29, 0.717) is 11.3 Å². The number of hydrogen-bond donors (Lipinski definition) is 1. The van der Waals surface area contributed by atoms with Crippen LogP contribution in [0.4, 0.5) is 8.78 Å². The van der Waals surface area contributed by atoms with E-state index >= 15 is 0 Å². The molecule has 0 heterocycles. The average Bonchev–Trinajstić information content (AvgIpc) is 2.30. The Hall–Kier alpha value is -1.23. The molecule has 2 nitrogen and oxygen atoms in total. The molecule has 17 heavy (non-hydrogen) atoms. The highest BCUT2D eigenvalue weighted by Gasteiger charge is 2.03. The summed E-state index contributed by atoms with van der Waals surface area (Å²) in [6.07, 6.45) is 2.12. The molecule has 94 valence electrons. The van der Waals surface area contributed by atoms with Crippen molar-refractivity contribution in [1.82, 2.24) is 4.72 Å². The number of rotatable bonds is 6. The molecule has 0 aliphatic carbocycles. The third kappa shape index (κ3) is 4.65. The second-order valence-electron chi connectivity index (χ2n) is 3.48. The molecule has 0 aromatic heterocycles. The fourth-order valence-electron chi connectivity index (χ4n) is 1.27. The maximum atomic E-state index is 13.0. The van der Waals surface area contributed by atoms with Gasteiger partial charge in [-0.1, -0.05) is 19.1 Å². The van der Waals surface area contributed by atoms with Crippen molar-refractivity contribution in [2.75, 3.05) is 12.4 Å². The summed E-state index contributed by atoms with van der Waals surface area (Å²) in [6.45, 7) is 1.17. The van der Waals surface area contributed by atoms with Crippen molar-refractivity contribution in [3.63, 3.8) is 0 Å². The Morgan fingerprint density at radius 2 is 2.29 bits per heavy atom. The van der Waals surface area contributed by atoms with Crippen molar-refractivity contribution >= 4 is 16.6 Å². The molecule has 1 aromatic rings. The number of nitrogens with one attached hydrogen (secondary N) is 1. The fraction of sp³-hybridized carbons (Fsp3) is 0.333. The zero-order valence-electron chi connectivity index (χ0n) is 9.58. The molecule has 0 unspecified atom stereocenters. The van der Waals surface area contributed by atoms with E-state index in [4.69, 9.17) is 0 Å². The van der Waals surface area contributed by atoms with Crippen LogP contribution < -0.4 is 4.72 Å². The maximum Gasteiger partial charge on any atom is 0.123 e. The van der Waals surface area contributed by atoms with Crippen molar-refractivity contribution in [1.29, 1.82) is 0 Å². The summed E-state index contributed by atoms with van der Waals surface area (Å²) >= 11 is 0. The zero-order chi connectivity index (χ0) is 12.7. The Balaban J connectivity index is 2.77. The quantitative estimate of drug-likeness (QED) is 0.836. The number of alkyl halides is 1. The molecule has 1 atom stereocenters. The largest absolute Gasteiger partial charge is 0.312 e. The maximum absolute atomic E-state index is 13.0. The van der Waals surface area contributed by atoms with Crippen LogP contribution in [0.1, 0.15) is 18.9 Å². The first-order valence-corrected chi connectivity index (χ1v) is 6.64. The van der Waals surface area contributed by atoms with Crippen molar-refractivity contribution in [2.45, 2.75) is 13.3 Å². The minimum absolute atomic E-state index is 0.286. The number of allylic oxidation sites excluding steroid dienone is 1. The molecular formula is C12H15F2NOS. The molecule has 0 radical (unpaired) electrons. The molecule has 0 saturated heterocycles. The number of hydrogen-bond acceptors (Lipinski definition) is 1. The summed E-state index contributed by atoms with van der Waals surface area (Å²) in [5, 5.41) is 0. The van der Waals surface area contributed by atoms with E-state index < -0.39 is 23.5 Å². The predicted molar refractivity (Wildman–Crippen MR) is 66.8 cm³/mol. The second kappa shape index (κ2) is 7.17. The molecule has 1 N–H and O–H groups in total. The lowest BCUT2D eigenvalue weighted by atomic mass is 10.1. The third-order valence-electron chi connectivity index (χ3n) is 2.09. The van der Waals surface area contributed by atoms with Crippen molar-refractivity contribution < 1.29 is 13.0 Å². The molecular weight excluding hydrogens is 244 g/mol. The molecule has 1 aromatic carbocycles. The van der Waals surface area contributed by atoms with Gasteiger partial charge >= 0.3 is 0 Å². The molecule has 0 spiro atoms. The van der Waals surface area contributed by atoms with Crippen LogP contribution in [0.5, 0.6) is 0 Å². The van der Waals surface area contributed by atoms with Crippen molar-refractivity contribution in [3.05, 3.63) is 41.8 Å². The first-order valence-electron chi connectivity index (χ1n) is 5.33. The van der Waals surface area contributed by atoms with Gasteiger partial charge in [0, 0.05) is 17.5 Å². The first kappa shape index (κ1) is 13.8. The fourth-order valence-corrected chi connectivity index (χ4v) is 2.03. The smallest absolute Gasteiger partial charge is 0.123 e. The Morgan fingerprint density at radius 3 is 2.88 bits per heavy atom. The Bertz CT molecular complexity index is 421. The van der Waals surface area contributed by atoms with Crippen molar-refractivity contribution in [2.24, 2.45) is 0 Å². The van der Waals surface area contributed by atoms with E-state index in [0.717, 1.165) is 6.42 Å². The monoisotopic (exact) mass is 259 g/mol. The average molecular weight is 259 g/mol. The van der Waals surface area contributed by atoms with E-state index in [9.17, 15) is 13.0 Å². The summed E-state index contributed by atoms with van der Waals surface area (Å²) in [7, 11) is -1.21. The van der Waals surface area contributed by atoms with E-state index in [1.54, 1.807) is 6.07 Å². The van der Waals surface area contributed by atoms with Gasteiger partial charge in [0.2, 0.25) is 0 Å². The summed E-state index contributed by atoms with van der Waals surface area (Å²) in [5.74, 6) is 0.0793. The standard InChI is InChI=1S/C12H15F2NOS/c1-2-6-17(16)15-9-11(8-13)10-4-3-5-12(14)7-10/h3-5,7,9,15H,2,6,8H2,1H3/b11-9-/t17-/m1/s1.